The van der Waals surface area contributed by atoms with Gasteiger partial charge in [0, 0.05) is 6.04 Å². The molecule has 18 heavy (non-hydrogen) atoms. The summed E-state index contributed by atoms with van der Waals surface area (Å²) in [6.07, 6.45) is 1.01. The average molecular weight is 249 g/mol. The number of benzene rings is 1. The fourth-order valence-electron chi connectivity index (χ4n) is 1.95. The molecule has 0 fully saturated rings. The number of nitrogens with two attached hydrogens (primary N) is 1. The van der Waals surface area contributed by atoms with Crippen LogP contribution in [0.3, 0.4) is 0 Å². The first kappa shape index (κ1) is 15.2. The van der Waals surface area contributed by atoms with Crippen LogP contribution in [0.15, 0.2) is 24.3 Å². The monoisotopic (exact) mass is 249 g/mol. The van der Waals surface area contributed by atoms with Crippen LogP contribution in [0.5, 0.6) is 0 Å². The first-order valence-electron chi connectivity index (χ1n) is 6.56. The van der Waals surface area contributed by atoms with Crippen LogP contribution >= 0.6 is 0 Å². The molecule has 0 saturated carbocycles. The predicted octanol–water partition coefficient (Wildman–Crippen LogP) is 2.44. The van der Waals surface area contributed by atoms with Crippen molar-refractivity contribution in [2.75, 3.05) is 20.6 Å². The van der Waals surface area contributed by atoms with Gasteiger partial charge in [0.15, 0.2) is 0 Å². The fraction of sp³-hybridized carbons (Fsp3) is 0.600. The van der Waals surface area contributed by atoms with Gasteiger partial charge in [-0.2, -0.15) is 0 Å². The summed E-state index contributed by atoms with van der Waals surface area (Å²) in [6, 6.07) is 8.99. The number of hydrazine groups is 1. The Morgan fingerprint density at radius 2 is 1.72 bits per heavy atom. The zero-order valence-corrected chi connectivity index (χ0v) is 12.3. The summed E-state index contributed by atoms with van der Waals surface area (Å²) in [4.78, 5) is 2.17. The molecule has 3 heteroatoms. The van der Waals surface area contributed by atoms with Crippen LogP contribution in [-0.4, -0.2) is 25.5 Å². The molecule has 3 nitrogen and oxygen atoms in total. The topological polar surface area (TPSA) is 41.3 Å². The van der Waals surface area contributed by atoms with Crippen LogP contribution < -0.4 is 11.3 Å². The van der Waals surface area contributed by atoms with Gasteiger partial charge in [-0.15, -0.1) is 0 Å². The van der Waals surface area contributed by atoms with Crippen molar-refractivity contribution in [1.29, 1.82) is 0 Å². The molecule has 0 aromatic heterocycles. The van der Waals surface area contributed by atoms with E-state index in [0.29, 0.717) is 0 Å². The van der Waals surface area contributed by atoms with Gasteiger partial charge in [-0.3, -0.25) is 11.3 Å². The van der Waals surface area contributed by atoms with Crippen LogP contribution in [0.2, 0.25) is 0 Å². The Morgan fingerprint density at radius 1 is 1.17 bits per heavy atom. The van der Waals surface area contributed by atoms with Crippen molar-refractivity contribution in [1.82, 2.24) is 10.3 Å². The molecule has 0 spiro atoms. The van der Waals surface area contributed by atoms with Crippen LogP contribution in [-0.2, 0) is 5.41 Å². The van der Waals surface area contributed by atoms with Crippen molar-refractivity contribution in [3.8, 4) is 0 Å². The normalized spacial score (nSPS) is 13.9. The lowest BCUT2D eigenvalue weighted by atomic mass is 9.86. The molecule has 0 radical (unpaired) electrons. The zero-order chi connectivity index (χ0) is 13.8. The summed E-state index contributed by atoms with van der Waals surface area (Å²) in [7, 11) is 4.16. The van der Waals surface area contributed by atoms with Crippen molar-refractivity contribution >= 4 is 0 Å². The zero-order valence-electron chi connectivity index (χ0n) is 12.3. The smallest absolute Gasteiger partial charge is 0.0472 e. The molecule has 1 aromatic rings. The molecule has 0 amide bonds. The number of rotatable bonds is 5. The molecule has 0 aliphatic heterocycles. The summed E-state index contributed by atoms with van der Waals surface area (Å²) in [5.74, 6) is 5.65. The molecule has 1 atom stereocenters. The lowest BCUT2D eigenvalue weighted by molar-refractivity contribution is 0.363. The molecule has 0 aliphatic rings. The van der Waals surface area contributed by atoms with Crippen LogP contribution in [0.4, 0.5) is 0 Å². The maximum Gasteiger partial charge on any atom is 0.0472 e. The molecule has 0 saturated heterocycles. The van der Waals surface area contributed by atoms with Gasteiger partial charge in [-0.05, 0) is 43.6 Å². The van der Waals surface area contributed by atoms with Gasteiger partial charge in [0.2, 0.25) is 0 Å². The molecular weight excluding hydrogens is 222 g/mol. The van der Waals surface area contributed by atoms with E-state index in [9.17, 15) is 0 Å². The highest BCUT2D eigenvalue weighted by Gasteiger charge is 2.15. The Morgan fingerprint density at radius 3 is 2.11 bits per heavy atom. The van der Waals surface area contributed by atoms with Crippen LogP contribution in [0.1, 0.15) is 44.4 Å². The van der Waals surface area contributed by atoms with Crippen molar-refractivity contribution < 1.29 is 0 Å². The highest BCUT2D eigenvalue weighted by molar-refractivity contribution is 5.29. The number of nitrogens with zero attached hydrogens (tertiary/aromatic N) is 1. The molecule has 1 unspecified atom stereocenters. The second kappa shape index (κ2) is 6.32. The SMILES string of the molecule is CN(C)CCC(NN)c1ccc(C(C)(C)C)cc1. The van der Waals surface area contributed by atoms with E-state index in [1.165, 1.54) is 11.1 Å². The van der Waals surface area contributed by atoms with E-state index in [1.807, 2.05) is 0 Å². The Hall–Kier alpha value is -0.900. The summed E-state index contributed by atoms with van der Waals surface area (Å²) in [5, 5.41) is 0. The number of nitrogens with one attached hydrogen (secondary N) is 1. The van der Waals surface area contributed by atoms with Crippen molar-refractivity contribution in [3.05, 3.63) is 35.4 Å². The maximum absolute atomic E-state index is 5.65. The Labute approximate surface area is 111 Å². The maximum atomic E-state index is 5.65. The third-order valence-electron chi connectivity index (χ3n) is 3.25. The largest absolute Gasteiger partial charge is 0.309 e. The van der Waals surface area contributed by atoms with Gasteiger partial charge in [0.1, 0.15) is 0 Å². The van der Waals surface area contributed by atoms with Gasteiger partial charge in [0.05, 0.1) is 0 Å². The van der Waals surface area contributed by atoms with E-state index in [-0.39, 0.29) is 11.5 Å². The number of hydrogen-bond donors (Lipinski definition) is 2. The molecule has 1 rings (SSSR count). The standard InChI is InChI=1S/C15H27N3/c1-15(2,3)13-8-6-12(7-9-13)14(17-16)10-11-18(4)5/h6-9,14,17H,10-11,16H2,1-5H3. The second-order valence-electron chi connectivity index (χ2n) is 6.18. The lowest BCUT2D eigenvalue weighted by Gasteiger charge is -2.22. The average Bonchev–Trinajstić information content (AvgIpc) is 2.29. The summed E-state index contributed by atoms with van der Waals surface area (Å²) in [6.45, 7) is 7.71. The quantitative estimate of drug-likeness (QED) is 0.622. The third kappa shape index (κ3) is 4.41. The minimum absolute atomic E-state index is 0.202. The van der Waals surface area contributed by atoms with Gasteiger partial charge >= 0.3 is 0 Å². The predicted molar refractivity (Wildman–Crippen MR) is 78.4 cm³/mol. The van der Waals surface area contributed by atoms with E-state index in [1.54, 1.807) is 0 Å². The van der Waals surface area contributed by atoms with Crippen molar-refractivity contribution in [2.45, 2.75) is 38.6 Å². The molecule has 0 aliphatic carbocycles. The summed E-state index contributed by atoms with van der Waals surface area (Å²) in [5.41, 5.74) is 5.72. The highest BCUT2D eigenvalue weighted by atomic mass is 15.2. The van der Waals surface area contributed by atoms with E-state index in [4.69, 9.17) is 5.84 Å². The van der Waals surface area contributed by atoms with E-state index >= 15 is 0 Å². The molecule has 0 heterocycles. The second-order valence-corrected chi connectivity index (χ2v) is 6.18. The first-order chi connectivity index (χ1) is 8.34. The van der Waals surface area contributed by atoms with E-state index < -0.39 is 0 Å². The molecule has 102 valence electrons. The van der Waals surface area contributed by atoms with Crippen LogP contribution in [0, 0.1) is 0 Å². The Balaban J connectivity index is 2.76. The van der Waals surface area contributed by atoms with Gasteiger partial charge in [0.25, 0.3) is 0 Å². The third-order valence-corrected chi connectivity index (χ3v) is 3.25. The Bertz CT molecular complexity index is 349. The van der Waals surface area contributed by atoms with Gasteiger partial charge in [-0.1, -0.05) is 45.0 Å². The minimum Gasteiger partial charge on any atom is -0.309 e. The van der Waals surface area contributed by atoms with E-state index in [0.717, 1.165) is 13.0 Å². The van der Waals surface area contributed by atoms with Crippen molar-refractivity contribution in [3.63, 3.8) is 0 Å². The fourth-order valence-corrected chi connectivity index (χ4v) is 1.95. The lowest BCUT2D eigenvalue weighted by Crippen LogP contribution is -2.30. The molecule has 3 N–H and O–H groups in total. The van der Waals surface area contributed by atoms with Gasteiger partial charge < -0.3 is 4.90 Å². The van der Waals surface area contributed by atoms with Gasteiger partial charge in [-0.25, -0.2) is 0 Å². The molecule has 0 bridgehead atoms. The number of hydrogen-bond acceptors (Lipinski definition) is 3. The highest BCUT2D eigenvalue weighted by Crippen LogP contribution is 2.24. The molecular formula is C15H27N3. The van der Waals surface area contributed by atoms with Crippen LogP contribution in [0.25, 0.3) is 0 Å². The summed E-state index contributed by atoms with van der Waals surface area (Å²) >= 11 is 0. The molecule has 1 aromatic carbocycles. The first-order valence-corrected chi connectivity index (χ1v) is 6.56. The minimum atomic E-state index is 0.202. The van der Waals surface area contributed by atoms with Crippen molar-refractivity contribution in [2.24, 2.45) is 5.84 Å². The summed E-state index contributed by atoms with van der Waals surface area (Å²) < 4.78 is 0. The van der Waals surface area contributed by atoms with E-state index in [2.05, 4.69) is 69.5 Å². The Kier molecular flexibility index (Phi) is 5.32.